The Balaban J connectivity index is 1.46. The van der Waals surface area contributed by atoms with Crippen LogP contribution in [0.3, 0.4) is 0 Å². The zero-order chi connectivity index (χ0) is 42.1. The number of ether oxygens (including phenoxy) is 4. The Kier molecular flexibility index (Phi) is 13.2. The van der Waals surface area contributed by atoms with E-state index in [0.29, 0.717) is 47.5 Å². The van der Waals surface area contributed by atoms with Crippen molar-refractivity contribution in [2.45, 2.75) is 123 Å². The van der Waals surface area contributed by atoms with Gasteiger partial charge in [-0.05, 0) is 70.4 Å². The van der Waals surface area contributed by atoms with Gasteiger partial charge >= 0.3 is 16.4 Å². The van der Waals surface area contributed by atoms with Crippen molar-refractivity contribution < 1.29 is 51.0 Å². The van der Waals surface area contributed by atoms with E-state index in [1.807, 2.05) is 32.4 Å². The number of aliphatic hydroxyl groups excluding tert-OH is 1. The Hall–Kier alpha value is -3.61. The lowest BCUT2D eigenvalue weighted by Crippen LogP contribution is -2.59. The molecule has 1 saturated heterocycles. The van der Waals surface area contributed by atoms with E-state index < -0.39 is 74.7 Å². The lowest BCUT2D eigenvalue weighted by atomic mass is 9.85. The number of benzene rings is 1. The van der Waals surface area contributed by atoms with Gasteiger partial charge in [0, 0.05) is 37.7 Å². The quantitative estimate of drug-likeness (QED) is 0.152. The van der Waals surface area contributed by atoms with Crippen LogP contribution in [-0.2, 0) is 33.6 Å². The number of pyridine rings is 1. The molecule has 2 saturated carbocycles. The molecule has 3 N–H and O–H groups in total. The minimum Gasteiger partial charge on any atom is -0.488 e. The first kappa shape index (κ1) is 44.5. The number of aliphatic hydroxyl groups is 1. The molecule has 2 heterocycles. The van der Waals surface area contributed by atoms with E-state index in [-0.39, 0.29) is 37.8 Å². The number of carbonyl (C=O) groups is 3. The summed E-state index contributed by atoms with van der Waals surface area (Å²) >= 11 is 6.54. The fourth-order valence-corrected chi connectivity index (χ4v) is 8.29. The predicted octanol–water partition coefficient (Wildman–Crippen LogP) is 4.94. The largest absolute Gasteiger partial charge is 0.488 e. The third kappa shape index (κ3) is 11.1. The van der Waals surface area contributed by atoms with E-state index in [1.165, 1.54) is 11.1 Å². The predicted molar refractivity (Wildman–Crippen MR) is 212 cm³/mol. The molecule has 0 radical (unpaired) electrons. The van der Waals surface area contributed by atoms with E-state index in [2.05, 4.69) is 15.3 Å². The Morgan fingerprint density at radius 3 is 2.46 bits per heavy atom. The second-order valence-electron chi connectivity index (χ2n) is 17.4. The van der Waals surface area contributed by atoms with E-state index >= 15 is 0 Å². The number of likely N-dealkylation sites (tertiary alicyclic amines) is 1. The molecule has 1 unspecified atom stereocenters. The highest BCUT2D eigenvalue weighted by molar-refractivity contribution is 7.85. The molecule has 2 aliphatic carbocycles. The molecule has 6 atom stereocenters. The van der Waals surface area contributed by atoms with Gasteiger partial charge in [-0.15, -0.1) is 0 Å². The number of rotatable bonds is 16. The molecule has 3 aliphatic rings. The number of carbonyl (C=O) groups excluding carboxylic acids is 3. The maximum atomic E-state index is 14.2. The van der Waals surface area contributed by atoms with Crippen LogP contribution in [0.15, 0.2) is 29.3 Å². The number of amides is 3. The summed E-state index contributed by atoms with van der Waals surface area (Å²) in [6, 6.07) is 4.81. The molecular formula is C39H56ClN5O11S. The number of aliphatic imine (C=N–C) groups is 1. The molecule has 1 aromatic heterocycles. The van der Waals surface area contributed by atoms with Crippen LogP contribution in [0, 0.1) is 16.7 Å². The average Bonchev–Trinajstić information content (AvgIpc) is 3.97. The molecule has 3 fully saturated rings. The molecular weight excluding hydrogens is 782 g/mol. The minimum absolute atomic E-state index is 0.0114. The first-order valence-corrected chi connectivity index (χ1v) is 21.0. The van der Waals surface area contributed by atoms with Gasteiger partial charge in [-0.25, -0.2) is 23.7 Å². The first-order valence-electron chi connectivity index (χ1n) is 19.2. The Bertz CT molecular complexity index is 1960. The molecule has 3 amide bonds. The maximum Gasteiger partial charge on any atom is 0.408 e. The number of alkyl carbamates (subject to hydrolysis) is 1. The Morgan fingerprint density at radius 2 is 1.86 bits per heavy atom. The molecule has 0 bridgehead atoms. The van der Waals surface area contributed by atoms with Crippen molar-refractivity contribution in [3.63, 3.8) is 0 Å². The molecule has 18 heteroatoms. The summed E-state index contributed by atoms with van der Waals surface area (Å²) in [4.78, 5) is 51.1. The molecule has 0 spiro atoms. The monoisotopic (exact) mass is 837 g/mol. The van der Waals surface area contributed by atoms with Crippen LogP contribution in [0.25, 0.3) is 10.9 Å². The van der Waals surface area contributed by atoms with Gasteiger partial charge in [0.1, 0.15) is 30.3 Å². The first-order chi connectivity index (χ1) is 26.5. The van der Waals surface area contributed by atoms with Gasteiger partial charge in [0.05, 0.1) is 40.2 Å². The van der Waals surface area contributed by atoms with Crippen LogP contribution in [0.5, 0.6) is 11.6 Å². The molecule has 1 aliphatic heterocycles. The molecule has 316 valence electrons. The minimum atomic E-state index is -4.41. The Morgan fingerprint density at radius 1 is 1.16 bits per heavy atom. The van der Waals surface area contributed by atoms with Gasteiger partial charge in [0.15, 0.2) is 0 Å². The third-order valence-electron chi connectivity index (χ3n) is 10.4. The van der Waals surface area contributed by atoms with E-state index in [0.717, 1.165) is 0 Å². The SMILES string of the molecule is CC[C@@H]1C[C@]1(C=NC(=O)[C@@H]1C[C@@H](Oc2cc(OCCOC)nc3c(Cl)cccc23)CN1C(O)[C@@H](NC(=O)OC(C)(C)C)C(C)(C)C)C(=O)NS(=O)(=O)OC1(C)CC1. The van der Waals surface area contributed by atoms with Crippen molar-refractivity contribution >= 4 is 56.9 Å². The van der Waals surface area contributed by atoms with Gasteiger partial charge in [0.2, 0.25) is 11.8 Å². The lowest BCUT2D eigenvalue weighted by Gasteiger charge is -2.40. The van der Waals surface area contributed by atoms with Gasteiger partial charge in [-0.3, -0.25) is 14.5 Å². The number of hydrogen-bond acceptors (Lipinski definition) is 13. The molecule has 1 aromatic carbocycles. The fraction of sp³-hybridized carbons (Fsp3) is 0.667. The fourth-order valence-electron chi connectivity index (χ4n) is 6.92. The zero-order valence-electron chi connectivity index (χ0n) is 34.1. The number of nitrogens with zero attached hydrogens (tertiary/aromatic N) is 3. The van der Waals surface area contributed by atoms with Gasteiger partial charge < -0.3 is 29.4 Å². The smallest absolute Gasteiger partial charge is 0.408 e. The number of para-hydroxylation sites is 1. The van der Waals surface area contributed by atoms with Crippen molar-refractivity contribution in [2.75, 3.05) is 26.9 Å². The second-order valence-corrected chi connectivity index (χ2v) is 19.1. The van der Waals surface area contributed by atoms with E-state index in [4.69, 9.17) is 34.7 Å². The second kappa shape index (κ2) is 16.9. The van der Waals surface area contributed by atoms with E-state index in [9.17, 15) is 27.9 Å². The Labute approximate surface area is 339 Å². The van der Waals surface area contributed by atoms with Crippen LogP contribution in [0.2, 0.25) is 5.02 Å². The van der Waals surface area contributed by atoms with Gasteiger partial charge in [-0.2, -0.15) is 8.42 Å². The number of aromatic nitrogens is 1. The number of halogens is 1. The normalized spacial score (nSPS) is 24.5. The highest BCUT2D eigenvalue weighted by Gasteiger charge is 2.59. The molecule has 16 nitrogen and oxygen atoms in total. The van der Waals surface area contributed by atoms with Crippen LogP contribution in [-0.4, -0.2) is 110 Å². The number of nitrogens with one attached hydrogen (secondary N) is 2. The van der Waals surface area contributed by atoms with Crippen LogP contribution in [0.4, 0.5) is 4.79 Å². The van der Waals surface area contributed by atoms with E-state index in [1.54, 1.807) is 59.1 Å². The molecule has 2 aromatic rings. The number of hydrogen-bond donors (Lipinski definition) is 3. The average molecular weight is 838 g/mol. The number of methoxy groups -OCH3 is 1. The third-order valence-corrected chi connectivity index (χ3v) is 11.7. The summed E-state index contributed by atoms with van der Waals surface area (Å²) in [5.74, 6) is -1.19. The summed E-state index contributed by atoms with van der Waals surface area (Å²) in [5.41, 5.74) is -3.33. The van der Waals surface area contributed by atoms with Crippen molar-refractivity contribution in [3.05, 3.63) is 29.3 Å². The zero-order valence-corrected chi connectivity index (χ0v) is 35.7. The van der Waals surface area contributed by atoms with Crippen molar-refractivity contribution in [1.29, 1.82) is 0 Å². The maximum absolute atomic E-state index is 14.2. The van der Waals surface area contributed by atoms with Gasteiger partial charge in [-0.1, -0.05) is 51.8 Å². The number of fused-ring (bicyclic) bond motifs is 1. The summed E-state index contributed by atoms with van der Waals surface area (Å²) in [6.45, 7) is 14.7. The van der Waals surface area contributed by atoms with Crippen LogP contribution < -0.4 is 19.5 Å². The van der Waals surface area contributed by atoms with Crippen LogP contribution in [0.1, 0.15) is 87.5 Å². The summed E-state index contributed by atoms with van der Waals surface area (Å²) in [6.07, 6.45) is 0.250. The summed E-state index contributed by atoms with van der Waals surface area (Å²) in [7, 11) is -2.86. The highest BCUT2D eigenvalue weighted by Crippen LogP contribution is 2.53. The topological polar surface area (TPSA) is 204 Å². The molecule has 57 heavy (non-hydrogen) atoms. The highest BCUT2D eigenvalue weighted by atomic mass is 35.5. The molecule has 5 rings (SSSR count). The summed E-state index contributed by atoms with van der Waals surface area (Å²) < 4.78 is 55.7. The van der Waals surface area contributed by atoms with Crippen molar-refractivity contribution in [1.82, 2.24) is 19.9 Å². The standard InChI is InChI=1S/C39H56ClN5O11S/c1-10-23-20-39(23,34(48)44-57(50,51)56-38(8)14-15-38)22-41-32(46)27-18-24(21-45(27)33(47)31(36(2,3)4)43-35(49)55-37(5,6)7)54-28-19-29(53-17-16-52-9)42-30-25(28)12-11-13-26(30)40/h11-13,19,22-24,27,31,33,47H,10,14-18,20-21H2,1-9H3,(H,43,49)(H,44,48)/t23-,24-,27+,31-,33?,39-/m1/s1. The van der Waals surface area contributed by atoms with Crippen molar-refractivity contribution in [2.24, 2.45) is 21.7 Å². The van der Waals surface area contributed by atoms with Crippen LogP contribution >= 0.6 is 11.6 Å². The van der Waals surface area contributed by atoms with Gasteiger partial charge in [0.25, 0.3) is 5.91 Å². The van der Waals surface area contributed by atoms with Crippen molar-refractivity contribution in [3.8, 4) is 11.6 Å². The lowest BCUT2D eigenvalue weighted by molar-refractivity contribution is -0.128. The summed E-state index contributed by atoms with van der Waals surface area (Å²) in [5, 5.41) is 15.8.